The van der Waals surface area contributed by atoms with E-state index in [1.165, 1.54) is 0 Å². The Kier molecular flexibility index (Phi) is 4.18. The molecule has 1 atom stereocenters. The van der Waals surface area contributed by atoms with Gasteiger partial charge in [-0.25, -0.2) is 4.79 Å². The van der Waals surface area contributed by atoms with Crippen molar-refractivity contribution in [1.82, 2.24) is 10.2 Å². The van der Waals surface area contributed by atoms with Gasteiger partial charge in [0.2, 0.25) is 0 Å². The average Bonchev–Trinajstić information content (AvgIpc) is 3.05. The van der Waals surface area contributed by atoms with Gasteiger partial charge in [-0.3, -0.25) is 0 Å². The van der Waals surface area contributed by atoms with Gasteiger partial charge in [-0.05, 0) is 24.3 Å². The normalized spacial score (nSPS) is 16.1. The molecule has 6 nitrogen and oxygen atoms in total. The summed E-state index contributed by atoms with van der Waals surface area (Å²) >= 11 is 0. The molecule has 2 aromatic rings. The Labute approximate surface area is 128 Å². The molecule has 1 N–H and O–H groups in total. The Hall–Kier alpha value is -2.63. The maximum Gasteiger partial charge on any atom is 0.317 e. The number of para-hydroxylation sites is 2. The number of nitrogens with zero attached hydrogens (tertiary/aromatic N) is 1. The average molecular weight is 302 g/mol. The lowest BCUT2D eigenvalue weighted by Crippen LogP contribution is -2.44. The Morgan fingerprint density at radius 2 is 2.09 bits per heavy atom. The number of furan rings is 1. The highest BCUT2D eigenvalue weighted by molar-refractivity contribution is 5.73. The topological polar surface area (TPSA) is 63.9 Å². The van der Waals surface area contributed by atoms with Crippen molar-refractivity contribution >= 4 is 6.03 Å². The molecule has 22 heavy (non-hydrogen) atoms. The zero-order chi connectivity index (χ0) is 15.4. The third-order valence-corrected chi connectivity index (χ3v) is 3.37. The maximum absolute atomic E-state index is 12.0. The molecule has 3 rings (SSSR count). The predicted molar refractivity (Wildman–Crippen MR) is 79.9 cm³/mol. The highest BCUT2D eigenvalue weighted by atomic mass is 16.6. The summed E-state index contributed by atoms with van der Waals surface area (Å²) in [6, 6.07) is 10.9. The molecule has 1 aliphatic heterocycles. The number of fused-ring (bicyclic) bond motifs is 1. The Morgan fingerprint density at radius 1 is 1.27 bits per heavy atom. The van der Waals surface area contributed by atoms with Crippen molar-refractivity contribution in [3.05, 3.63) is 48.4 Å². The van der Waals surface area contributed by atoms with E-state index in [2.05, 4.69) is 5.32 Å². The molecule has 0 aliphatic carbocycles. The molecule has 0 fully saturated rings. The highest BCUT2D eigenvalue weighted by Gasteiger charge is 2.21. The van der Waals surface area contributed by atoms with Crippen molar-refractivity contribution in [3.63, 3.8) is 0 Å². The van der Waals surface area contributed by atoms with Crippen LogP contribution in [0.1, 0.15) is 5.76 Å². The summed E-state index contributed by atoms with van der Waals surface area (Å²) in [5.74, 6) is 2.18. The number of hydrogen-bond acceptors (Lipinski definition) is 4. The Balaban J connectivity index is 1.47. The molecule has 0 bridgehead atoms. The summed E-state index contributed by atoms with van der Waals surface area (Å²) in [7, 11) is 1.71. The van der Waals surface area contributed by atoms with Gasteiger partial charge >= 0.3 is 6.03 Å². The minimum Gasteiger partial charge on any atom is -0.486 e. The summed E-state index contributed by atoms with van der Waals surface area (Å²) in [6.07, 6.45) is 1.39. The zero-order valence-electron chi connectivity index (χ0n) is 12.3. The summed E-state index contributed by atoms with van der Waals surface area (Å²) in [4.78, 5) is 13.6. The van der Waals surface area contributed by atoms with Crippen molar-refractivity contribution in [2.24, 2.45) is 0 Å². The number of carbonyl (C=O) groups excluding carboxylic acids is 1. The summed E-state index contributed by atoms with van der Waals surface area (Å²) < 4.78 is 16.6. The van der Waals surface area contributed by atoms with Gasteiger partial charge in [-0.15, -0.1) is 0 Å². The lowest BCUT2D eigenvalue weighted by atomic mass is 10.2. The maximum atomic E-state index is 12.0. The molecular formula is C16H18N2O4. The van der Waals surface area contributed by atoms with E-state index in [-0.39, 0.29) is 12.1 Å². The van der Waals surface area contributed by atoms with E-state index >= 15 is 0 Å². The van der Waals surface area contributed by atoms with Crippen LogP contribution in [0.4, 0.5) is 4.79 Å². The zero-order valence-corrected chi connectivity index (χ0v) is 12.3. The SMILES string of the molecule is CN(Cc1ccco1)C(=O)NC[C@H]1COc2ccccc2O1. The minimum atomic E-state index is -0.198. The number of carbonyl (C=O) groups is 1. The Morgan fingerprint density at radius 3 is 2.86 bits per heavy atom. The number of nitrogens with one attached hydrogen (secondary N) is 1. The van der Waals surface area contributed by atoms with Crippen LogP contribution in [-0.2, 0) is 6.54 Å². The van der Waals surface area contributed by atoms with Crippen LogP contribution < -0.4 is 14.8 Å². The first-order valence-electron chi connectivity index (χ1n) is 7.12. The van der Waals surface area contributed by atoms with Gasteiger partial charge in [0.1, 0.15) is 12.4 Å². The standard InChI is InChI=1S/C16H18N2O4/c1-18(10-12-5-4-8-20-12)16(19)17-9-13-11-21-14-6-2-3-7-15(14)22-13/h2-8,13H,9-11H2,1H3,(H,17,19)/t13-/m0/s1. The van der Waals surface area contributed by atoms with Crippen LogP contribution in [-0.4, -0.2) is 37.2 Å². The second kappa shape index (κ2) is 6.43. The van der Waals surface area contributed by atoms with Gasteiger partial charge in [0.25, 0.3) is 0 Å². The molecule has 0 saturated heterocycles. The smallest absolute Gasteiger partial charge is 0.317 e. The van der Waals surface area contributed by atoms with Crippen LogP contribution in [0.2, 0.25) is 0 Å². The van der Waals surface area contributed by atoms with E-state index in [4.69, 9.17) is 13.9 Å². The first kappa shape index (κ1) is 14.3. The number of benzene rings is 1. The van der Waals surface area contributed by atoms with Crippen molar-refractivity contribution < 1.29 is 18.7 Å². The van der Waals surface area contributed by atoms with Crippen molar-refractivity contribution in [2.45, 2.75) is 12.6 Å². The monoisotopic (exact) mass is 302 g/mol. The first-order valence-corrected chi connectivity index (χ1v) is 7.12. The van der Waals surface area contributed by atoms with Gasteiger partial charge in [0, 0.05) is 7.05 Å². The van der Waals surface area contributed by atoms with Crippen LogP contribution in [0, 0.1) is 0 Å². The third kappa shape index (κ3) is 3.33. The minimum absolute atomic E-state index is 0.182. The van der Waals surface area contributed by atoms with Crippen molar-refractivity contribution in [1.29, 1.82) is 0 Å². The number of urea groups is 1. The lowest BCUT2D eigenvalue weighted by Gasteiger charge is -2.27. The van der Waals surface area contributed by atoms with Crippen LogP contribution in [0.3, 0.4) is 0 Å². The summed E-state index contributed by atoms with van der Waals surface area (Å²) in [5, 5.41) is 2.84. The van der Waals surface area contributed by atoms with Crippen molar-refractivity contribution in [3.8, 4) is 11.5 Å². The van der Waals surface area contributed by atoms with Crippen LogP contribution in [0.5, 0.6) is 11.5 Å². The molecule has 0 unspecified atom stereocenters. The van der Waals surface area contributed by atoms with Gasteiger partial charge in [0.15, 0.2) is 17.6 Å². The van der Waals surface area contributed by atoms with Crippen LogP contribution >= 0.6 is 0 Å². The molecule has 0 spiro atoms. The van der Waals surface area contributed by atoms with Crippen molar-refractivity contribution in [2.75, 3.05) is 20.2 Å². The first-order chi connectivity index (χ1) is 10.7. The molecule has 2 amide bonds. The lowest BCUT2D eigenvalue weighted by molar-refractivity contribution is 0.0903. The molecule has 1 aliphatic rings. The second-order valence-corrected chi connectivity index (χ2v) is 5.12. The fraction of sp³-hybridized carbons (Fsp3) is 0.312. The fourth-order valence-electron chi connectivity index (χ4n) is 2.21. The Bertz CT molecular complexity index is 627. The molecular weight excluding hydrogens is 284 g/mol. The number of hydrogen-bond donors (Lipinski definition) is 1. The van der Waals surface area contributed by atoms with Crippen LogP contribution in [0.25, 0.3) is 0 Å². The molecule has 1 aromatic carbocycles. The van der Waals surface area contributed by atoms with E-state index in [1.54, 1.807) is 24.3 Å². The second-order valence-electron chi connectivity index (χ2n) is 5.12. The van der Waals surface area contributed by atoms with Gasteiger partial charge in [-0.2, -0.15) is 0 Å². The highest BCUT2D eigenvalue weighted by Crippen LogP contribution is 2.30. The van der Waals surface area contributed by atoms with Gasteiger partial charge in [0.05, 0.1) is 19.4 Å². The van der Waals surface area contributed by atoms with E-state index in [0.29, 0.717) is 25.4 Å². The number of rotatable bonds is 4. The van der Waals surface area contributed by atoms with E-state index in [1.807, 2.05) is 30.3 Å². The number of amides is 2. The summed E-state index contributed by atoms with van der Waals surface area (Å²) in [5.41, 5.74) is 0. The molecule has 6 heteroatoms. The molecule has 116 valence electrons. The fourth-order valence-corrected chi connectivity index (χ4v) is 2.21. The van der Waals surface area contributed by atoms with E-state index < -0.39 is 0 Å². The summed E-state index contributed by atoms with van der Waals surface area (Å²) in [6.45, 7) is 1.22. The quantitative estimate of drug-likeness (QED) is 0.941. The van der Waals surface area contributed by atoms with E-state index in [0.717, 1.165) is 11.5 Å². The van der Waals surface area contributed by atoms with E-state index in [9.17, 15) is 4.79 Å². The molecule has 0 saturated carbocycles. The third-order valence-electron chi connectivity index (χ3n) is 3.37. The van der Waals surface area contributed by atoms with Gasteiger partial charge in [-0.1, -0.05) is 12.1 Å². The molecule has 1 aromatic heterocycles. The molecule has 0 radical (unpaired) electrons. The van der Waals surface area contributed by atoms with Crippen LogP contribution in [0.15, 0.2) is 47.1 Å². The largest absolute Gasteiger partial charge is 0.486 e. The van der Waals surface area contributed by atoms with Gasteiger partial charge < -0.3 is 24.1 Å². The number of ether oxygens (including phenoxy) is 2. The predicted octanol–water partition coefficient (Wildman–Crippen LogP) is 2.26. The molecule has 2 heterocycles.